The Kier molecular flexibility index (Phi) is 10.3. The highest BCUT2D eigenvalue weighted by Gasteiger charge is 2.44. The molecule has 0 saturated carbocycles. The van der Waals surface area contributed by atoms with E-state index in [2.05, 4.69) is 87.3 Å². The summed E-state index contributed by atoms with van der Waals surface area (Å²) in [6.07, 6.45) is 2.62. The Hall–Kier alpha value is -1.71. The molecule has 0 amide bonds. The summed E-state index contributed by atoms with van der Waals surface area (Å²) in [4.78, 5) is 23.4. The standard InChI is InChI=1S/C25H43N6O5PSi/c1-17(2)31(18(3)4)37(33-12-10-11-26)36-19-13-21(30-16-29-22-23(30)27-15-28-24(22)32)35-20(19)14-34-38(8,9)25(5,6)7/h15-21H,10,12-14H2,1-9H3,(H,27,28,32)/t19-,20-,21-,37?/m1/s1. The second-order valence-corrected chi connectivity index (χ2v) is 17.9. The Labute approximate surface area is 227 Å². The molecule has 4 atom stereocenters. The fourth-order valence-electron chi connectivity index (χ4n) is 4.12. The maximum atomic E-state index is 12.2. The number of hydrogen-bond acceptors (Lipinski definition) is 9. The number of nitriles is 1. The van der Waals surface area contributed by atoms with Gasteiger partial charge in [-0.15, -0.1) is 0 Å². The van der Waals surface area contributed by atoms with Crippen molar-refractivity contribution in [2.24, 2.45) is 0 Å². The zero-order valence-electron chi connectivity index (χ0n) is 24.1. The zero-order valence-corrected chi connectivity index (χ0v) is 26.0. The number of fused-ring (bicyclic) bond motifs is 1. The number of nitrogens with zero attached hydrogens (tertiary/aromatic N) is 5. The van der Waals surface area contributed by atoms with Crippen LogP contribution in [0.2, 0.25) is 18.1 Å². The van der Waals surface area contributed by atoms with Gasteiger partial charge < -0.3 is 23.2 Å². The van der Waals surface area contributed by atoms with Gasteiger partial charge in [0.15, 0.2) is 19.5 Å². The molecule has 1 unspecified atom stereocenters. The van der Waals surface area contributed by atoms with E-state index in [-0.39, 0.29) is 46.8 Å². The first kappa shape index (κ1) is 30.8. The number of hydrogen-bond donors (Lipinski definition) is 1. The smallest absolute Gasteiger partial charge is 0.278 e. The molecule has 1 fully saturated rings. The lowest BCUT2D eigenvalue weighted by Crippen LogP contribution is -2.44. The van der Waals surface area contributed by atoms with Crippen LogP contribution < -0.4 is 5.56 Å². The lowest BCUT2D eigenvalue weighted by Gasteiger charge is -2.39. The first-order valence-electron chi connectivity index (χ1n) is 13.2. The van der Waals surface area contributed by atoms with Crippen molar-refractivity contribution in [1.82, 2.24) is 24.2 Å². The van der Waals surface area contributed by atoms with Gasteiger partial charge in [0.05, 0.1) is 44.5 Å². The van der Waals surface area contributed by atoms with Crippen LogP contribution in [0.1, 0.15) is 67.5 Å². The van der Waals surface area contributed by atoms with E-state index in [1.54, 1.807) is 10.9 Å². The molecule has 13 heteroatoms. The van der Waals surface area contributed by atoms with Gasteiger partial charge in [0, 0.05) is 18.5 Å². The minimum Gasteiger partial charge on any atom is -0.414 e. The van der Waals surface area contributed by atoms with Crippen molar-refractivity contribution in [1.29, 1.82) is 5.26 Å². The number of H-pyrrole nitrogens is 1. The van der Waals surface area contributed by atoms with Crippen molar-refractivity contribution >= 4 is 28.0 Å². The molecule has 0 aliphatic carbocycles. The van der Waals surface area contributed by atoms with Crippen molar-refractivity contribution in [2.75, 3.05) is 13.2 Å². The minimum atomic E-state index is -2.05. The van der Waals surface area contributed by atoms with Crippen molar-refractivity contribution < 1.29 is 18.2 Å². The molecule has 38 heavy (non-hydrogen) atoms. The van der Waals surface area contributed by atoms with Crippen molar-refractivity contribution in [3.05, 3.63) is 23.0 Å². The Morgan fingerprint density at radius 1 is 1.29 bits per heavy atom. The van der Waals surface area contributed by atoms with E-state index in [1.165, 1.54) is 6.33 Å². The van der Waals surface area contributed by atoms with Gasteiger partial charge in [0.1, 0.15) is 12.3 Å². The summed E-state index contributed by atoms with van der Waals surface area (Å²) in [6, 6.07) is 2.50. The maximum Gasteiger partial charge on any atom is 0.278 e. The van der Waals surface area contributed by atoms with Crippen LogP contribution in [0.4, 0.5) is 0 Å². The minimum absolute atomic E-state index is 0.0476. The van der Waals surface area contributed by atoms with Crippen LogP contribution in [0.3, 0.4) is 0 Å². The summed E-state index contributed by atoms with van der Waals surface area (Å²) >= 11 is 0. The number of aromatic nitrogens is 4. The molecular weight excluding hydrogens is 523 g/mol. The summed E-state index contributed by atoms with van der Waals surface area (Å²) in [5, 5.41) is 9.12. The lowest BCUT2D eigenvalue weighted by atomic mass is 10.2. The highest BCUT2D eigenvalue weighted by Crippen LogP contribution is 2.50. The Morgan fingerprint density at radius 2 is 1.97 bits per heavy atom. The molecule has 2 aromatic rings. The number of rotatable bonds is 12. The Morgan fingerprint density at radius 3 is 2.58 bits per heavy atom. The molecular formula is C25H43N6O5PSi. The van der Waals surface area contributed by atoms with Crippen LogP contribution in [0, 0.1) is 11.3 Å². The predicted molar refractivity (Wildman–Crippen MR) is 150 cm³/mol. The van der Waals surface area contributed by atoms with Gasteiger partial charge in [-0.3, -0.25) is 9.36 Å². The Balaban J connectivity index is 1.91. The topological polar surface area (TPSA) is 128 Å². The van der Waals surface area contributed by atoms with Crippen molar-refractivity contribution in [3.63, 3.8) is 0 Å². The van der Waals surface area contributed by atoms with Gasteiger partial charge in [0.25, 0.3) is 14.1 Å². The van der Waals surface area contributed by atoms with Crippen LogP contribution in [0.15, 0.2) is 17.4 Å². The molecule has 2 aromatic heterocycles. The van der Waals surface area contributed by atoms with Crippen molar-refractivity contribution in [3.8, 4) is 6.07 Å². The van der Waals surface area contributed by atoms with E-state index in [0.717, 1.165) is 0 Å². The quantitative estimate of drug-likeness (QED) is 0.212. The average Bonchev–Trinajstić information content (AvgIpc) is 3.41. The van der Waals surface area contributed by atoms with E-state index in [9.17, 15) is 4.79 Å². The molecule has 3 rings (SSSR count). The van der Waals surface area contributed by atoms with E-state index >= 15 is 0 Å². The fraction of sp³-hybridized carbons (Fsp3) is 0.760. The maximum absolute atomic E-state index is 12.2. The fourth-order valence-corrected chi connectivity index (χ4v) is 6.90. The lowest BCUT2D eigenvalue weighted by molar-refractivity contribution is -0.0384. The third-order valence-electron chi connectivity index (χ3n) is 7.16. The van der Waals surface area contributed by atoms with E-state index in [1.807, 2.05) is 0 Å². The van der Waals surface area contributed by atoms with Crippen LogP contribution in [0.25, 0.3) is 11.2 Å². The van der Waals surface area contributed by atoms with Crippen molar-refractivity contribution in [2.45, 2.75) is 110 Å². The summed E-state index contributed by atoms with van der Waals surface area (Å²) in [5.41, 5.74) is 0.431. The largest absolute Gasteiger partial charge is 0.414 e. The number of aromatic amines is 1. The predicted octanol–water partition coefficient (Wildman–Crippen LogP) is 5.09. The molecule has 1 saturated heterocycles. The van der Waals surface area contributed by atoms with Gasteiger partial charge in [-0.1, -0.05) is 20.8 Å². The molecule has 0 radical (unpaired) electrons. The second-order valence-electron chi connectivity index (χ2n) is 11.7. The molecule has 212 valence electrons. The van der Waals surface area contributed by atoms with Crippen LogP contribution in [-0.2, 0) is 18.2 Å². The molecule has 0 aromatic carbocycles. The second kappa shape index (κ2) is 12.6. The van der Waals surface area contributed by atoms with Gasteiger partial charge >= 0.3 is 0 Å². The van der Waals surface area contributed by atoms with E-state index in [4.69, 9.17) is 23.5 Å². The van der Waals surface area contributed by atoms with Gasteiger partial charge in [-0.05, 0) is 45.8 Å². The SMILES string of the molecule is CC(C)N(C(C)C)P(OCCC#N)O[C@@H]1C[C@H](n2cnc3c(=O)[nH]cnc32)O[C@@H]1CO[Si](C)(C)C(C)(C)C. The molecule has 0 spiro atoms. The normalized spacial score (nSPS) is 21.6. The molecule has 1 N–H and O–H groups in total. The average molecular weight is 567 g/mol. The van der Waals surface area contributed by atoms with E-state index < -0.39 is 23.1 Å². The van der Waals surface area contributed by atoms with Gasteiger partial charge in [0.2, 0.25) is 0 Å². The summed E-state index contributed by atoms with van der Waals surface area (Å²) in [6.45, 7) is 20.2. The highest BCUT2D eigenvalue weighted by atomic mass is 31.2. The molecule has 11 nitrogen and oxygen atoms in total. The third kappa shape index (κ3) is 7.07. The molecule has 1 aliphatic rings. The first-order chi connectivity index (χ1) is 17.8. The number of imidazole rings is 1. The molecule has 3 heterocycles. The van der Waals surface area contributed by atoms with Crippen LogP contribution in [0.5, 0.6) is 0 Å². The van der Waals surface area contributed by atoms with E-state index in [0.29, 0.717) is 25.3 Å². The van der Waals surface area contributed by atoms with Gasteiger partial charge in [-0.25, -0.2) is 14.6 Å². The number of nitrogens with one attached hydrogen (secondary N) is 1. The third-order valence-corrected chi connectivity index (χ3v) is 13.8. The van der Waals surface area contributed by atoms with Gasteiger partial charge in [-0.2, -0.15) is 5.26 Å². The number of ether oxygens (including phenoxy) is 1. The monoisotopic (exact) mass is 566 g/mol. The first-order valence-corrected chi connectivity index (χ1v) is 17.2. The van der Waals surface area contributed by atoms with Crippen LogP contribution in [-0.4, -0.2) is 70.0 Å². The highest BCUT2D eigenvalue weighted by molar-refractivity contribution is 7.44. The Bertz CT molecular complexity index is 1150. The summed E-state index contributed by atoms with van der Waals surface area (Å²) in [7, 11) is -3.52. The zero-order chi connectivity index (χ0) is 28.3. The molecule has 0 bridgehead atoms. The summed E-state index contributed by atoms with van der Waals surface area (Å²) in [5.74, 6) is 0. The summed E-state index contributed by atoms with van der Waals surface area (Å²) < 4.78 is 30.0. The van der Waals surface area contributed by atoms with Crippen LogP contribution >= 0.6 is 8.53 Å². The molecule has 1 aliphatic heterocycles.